The highest BCUT2D eigenvalue weighted by Gasteiger charge is 2.22. The van der Waals surface area contributed by atoms with Crippen molar-refractivity contribution >= 4 is 21.6 Å². The molecule has 128 valence electrons. The van der Waals surface area contributed by atoms with Crippen molar-refractivity contribution in [3.63, 3.8) is 0 Å². The first kappa shape index (κ1) is 17.8. The smallest absolute Gasteiger partial charge is 0.232 e. The van der Waals surface area contributed by atoms with E-state index in [2.05, 4.69) is 0 Å². The highest BCUT2D eigenvalue weighted by molar-refractivity contribution is 7.92. The van der Waals surface area contributed by atoms with Gasteiger partial charge >= 0.3 is 0 Å². The van der Waals surface area contributed by atoms with Gasteiger partial charge in [0.05, 0.1) is 11.9 Å². The van der Waals surface area contributed by atoms with Gasteiger partial charge in [0, 0.05) is 26.1 Å². The summed E-state index contributed by atoms with van der Waals surface area (Å²) in [4.78, 5) is 14.3. The number of hydrogen-bond donors (Lipinski definition) is 0. The average molecular weight is 338 g/mol. The van der Waals surface area contributed by atoms with E-state index in [1.165, 1.54) is 23.4 Å². The van der Waals surface area contributed by atoms with Crippen molar-refractivity contribution in [2.24, 2.45) is 0 Å². The first-order valence-corrected chi connectivity index (χ1v) is 10.1. The second-order valence-corrected chi connectivity index (χ2v) is 8.07. The molecule has 0 atom stereocenters. The monoisotopic (exact) mass is 338 g/mol. The normalized spacial score (nSPS) is 16.0. The Balaban J connectivity index is 2.07. The molecule has 2 rings (SSSR count). The van der Waals surface area contributed by atoms with E-state index in [9.17, 15) is 13.2 Å². The topological polar surface area (TPSA) is 57.7 Å². The number of aryl methyl sites for hydroxylation is 1. The fraction of sp³-hybridized carbons (Fsp3) is 0.588. The summed E-state index contributed by atoms with van der Waals surface area (Å²) in [6, 6.07) is 7.36. The molecule has 0 aliphatic carbocycles. The number of amides is 1. The van der Waals surface area contributed by atoms with E-state index in [0.29, 0.717) is 5.69 Å². The number of hydrogen-bond acceptors (Lipinski definition) is 3. The molecule has 1 fully saturated rings. The predicted octanol–water partition coefficient (Wildman–Crippen LogP) is 2.55. The summed E-state index contributed by atoms with van der Waals surface area (Å²) in [5.74, 6) is 0.0501. The molecular formula is C17H26N2O3S. The number of sulfonamides is 1. The molecule has 1 aliphatic rings. The quantitative estimate of drug-likeness (QED) is 0.829. The van der Waals surface area contributed by atoms with E-state index < -0.39 is 10.0 Å². The van der Waals surface area contributed by atoms with Crippen LogP contribution in [0.4, 0.5) is 5.69 Å². The van der Waals surface area contributed by atoms with E-state index in [1.54, 1.807) is 6.07 Å². The molecule has 1 aliphatic heterocycles. The second-order valence-electron chi connectivity index (χ2n) is 6.17. The van der Waals surface area contributed by atoms with E-state index in [-0.39, 0.29) is 18.9 Å². The molecule has 0 aromatic heterocycles. The SMILES string of the molecule is Cc1ccccc1N(CCC(=O)N1CCCCCC1)S(C)(=O)=O. The number of rotatable bonds is 5. The van der Waals surface area contributed by atoms with Crippen molar-refractivity contribution in [1.29, 1.82) is 0 Å². The van der Waals surface area contributed by atoms with Gasteiger partial charge in [0.2, 0.25) is 15.9 Å². The highest BCUT2D eigenvalue weighted by Crippen LogP contribution is 2.22. The van der Waals surface area contributed by atoms with Crippen LogP contribution >= 0.6 is 0 Å². The predicted molar refractivity (Wildman–Crippen MR) is 93.0 cm³/mol. The third-order valence-electron chi connectivity index (χ3n) is 4.27. The number of para-hydroxylation sites is 1. The molecule has 0 saturated carbocycles. The lowest BCUT2D eigenvalue weighted by molar-refractivity contribution is -0.130. The van der Waals surface area contributed by atoms with Gasteiger partial charge in [-0.3, -0.25) is 9.10 Å². The van der Waals surface area contributed by atoms with Crippen LogP contribution < -0.4 is 4.31 Å². The summed E-state index contributed by atoms with van der Waals surface area (Å²) >= 11 is 0. The lowest BCUT2D eigenvalue weighted by atomic mass is 10.2. The van der Waals surface area contributed by atoms with Crippen molar-refractivity contribution in [2.45, 2.75) is 39.0 Å². The van der Waals surface area contributed by atoms with Crippen LogP contribution in [0.25, 0.3) is 0 Å². The maximum absolute atomic E-state index is 12.4. The number of benzene rings is 1. The molecule has 0 unspecified atom stereocenters. The van der Waals surface area contributed by atoms with Gasteiger partial charge in [-0.2, -0.15) is 0 Å². The van der Waals surface area contributed by atoms with Crippen LogP contribution in [0.1, 0.15) is 37.7 Å². The van der Waals surface area contributed by atoms with Crippen LogP contribution in [-0.2, 0) is 14.8 Å². The highest BCUT2D eigenvalue weighted by atomic mass is 32.2. The van der Waals surface area contributed by atoms with Gasteiger partial charge in [0.1, 0.15) is 0 Å². The van der Waals surface area contributed by atoms with E-state index >= 15 is 0 Å². The minimum Gasteiger partial charge on any atom is -0.343 e. The Morgan fingerprint density at radius 2 is 1.74 bits per heavy atom. The Labute approximate surface area is 139 Å². The summed E-state index contributed by atoms with van der Waals surface area (Å²) in [7, 11) is -3.41. The van der Waals surface area contributed by atoms with E-state index in [1.807, 2.05) is 30.0 Å². The summed E-state index contributed by atoms with van der Waals surface area (Å²) in [5, 5.41) is 0. The molecular weight excluding hydrogens is 312 g/mol. The summed E-state index contributed by atoms with van der Waals surface area (Å²) < 4.78 is 25.6. The Kier molecular flexibility index (Phi) is 6.04. The van der Waals surface area contributed by atoms with Gasteiger partial charge in [-0.25, -0.2) is 8.42 Å². The maximum Gasteiger partial charge on any atom is 0.232 e. The Morgan fingerprint density at radius 3 is 2.30 bits per heavy atom. The minimum atomic E-state index is -3.41. The van der Waals surface area contributed by atoms with Crippen molar-refractivity contribution in [2.75, 3.05) is 30.2 Å². The van der Waals surface area contributed by atoms with E-state index in [4.69, 9.17) is 0 Å². The first-order chi connectivity index (χ1) is 10.9. The molecule has 0 N–H and O–H groups in total. The molecule has 1 heterocycles. The number of anilines is 1. The van der Waals surface area contributed by atoms with Crippen molar-refractivity contribution in [3.05, 3.63) is 29.8 Å². The summed E-state index contributed by atoms with van der Waals surface area (Å²) in [6.45, 7) is 3.66. The average Bonchev–Trinajstić information content (AvgIpc) is 2.77. The number of likely N-dealkylation sites (tertiary alicyclic amines) is 1. The third-order valence-corrected chi connectivity index (χ3v) is 5.45. The van der Waals surface area contributed by atoms with Gasteiger partial charge in [-0.1, -0.05) is 31.0 Å². The third kappa shape index (κ3) is 4.96. The molecule has 1 amide bonds. The Hall–Kier alpha value is -1.56. The van der Waals surface area contributed by atoms with Gasteiger partial charge in [0.15, 0.2) is 0 Å². The maximum atomic E-state index is 12.4. The molecule has 6 heteroatoms. The van der Waals surface area contributed by atoms with Crippen LogP contribution in [0.5, 0.6) is 0 Å². The minimum absolute atomic E-state index is 0.0501. The van der Waals surface area contributed by atoms with Crippen LogP contribution in [0.15, 0.2) is 24.3 Å². The van der Waals surface area contributed by atoms with Gasteiger partial charge in [-0.05, 0) is 31.4 Å². The molecule has 5 nitrogen and oxygen atoms in total. The van der Waals surface area contributed by atoms with Crippen LogP contribution in [0, 0.1) is 6.92 Å². The lowest BCUT2D eigenvalue weighted by Gasteiger charge is -2.26. The van der Waals surface area contributed by atoms with Crippen molar-refractivity contribution in [1.82, 2.24) is 4.90 Å². The molecule has 1 saturated heterocycles. The van der Waals surface area contributed by atoms with Crippen molar-refractivity contribution < 1.29 is 13.2 Å². The molecule has 0 spiro atoms. The van der Waals surface area contributed by atoms with Gasteiger partial charge < -0.3 is 4.90 Å². The molecule has 0 bridgehead atoms. The summed E-state index contributed by atoms with van der Waals surface area (Å²) in [6.07, 6.45) is 5.83. The van der Waals surface area contributed by atoms with Crippen LogP contribution in [0.3, 0.4) is 0 Å². The largest absolute Gasteiger partial charge is 0.343 e. The van der Waals surface area contributed by atoms with Crippen LogP contribution in [-0.4, -0.2) is 45.1 Å². The van der Waals surface area contributed by atoms with Gasteiger partial charge in [0.25, 0.3) is 0 Å². The number of nitrogens with zero attached hydrogens (tertiary/aromatic N) is 2. The number of carbonyl (C=O) groups is 1. The zero-order valence-corrected chi connectivity index (χ0v) is 14.8. The van der Waals surface area contributed by atoms with E-state index in [0.717, 1.165) is 31.5 Å². The van der Waals surface area contributed by atoms with Crippen LogP contribution in [0.2, 0.25) is 0 Å². The lowest BCUT2D eigenvalue weighted by Crippen LogP contribution is -2.37. The molecule has 1 aromatic carbocycles. The Bertz CT molecular complexity index is 635. The summed E-state index contributed by atoms with van der Waals surface area (Å²) in [5.41, 5.74) is 1.54. The first-order valence-electron chi connectivity index (χ1n) is 8.21. The Morgan fingerprint density at radius 1 is 1.13 bits per heavy atom. The zero-order chi connectivity index (χ0) is 16.9. The standard InChI is InChI=1S/C17H26N2O3S/c1-15-9-5-6-10-16(15)19(23(2,21)22)14-11-17(20)18-12-7-3-4-8-13-18/h5-6,9-10H,3-4,7-8,11-14H2,1-2H3. The fourth-order valence-corrected chi connectivity index (χ4v) is 3.97. The number of carbonyl (C=O) groups excluding carboxylic acids is 1. The molecule has 0 radical (unpaired) electrons. The van der Waals surface area contributed by atoms with Gasteiger partial charge in [-0.15, -0.1) is 0 Å². The van der Waals surface area contributed by atoms with Crippen molar-refractivity contribution in [3.8, 4) is 0 Å². The molecule has 23 heavy (non-hydrogen) atoms. The molecule has 1 aromatic rings. The fourth-order valence-electron chi connectivity index (χ4n) is 2.98. The zero-order valence-electron chi connectivity index (χ0n) is 14.0. The second kappa shape index (κ2) is 7.81.